The lowest BCUT2D eigenvalue weighted by molar-refractivity contribution is -0.162. The number of thioether (sulfide) groups is 1. The standard InChI is InChI=1S/C24H29N3O6S/c1-26-16-10-6-7-11-19(16)34-14-17(23(26)31)27(25)24(32)22(33-2)21(30)20(29)18(28)13-12-15-8-4-3-5-9-15/h3-13,17-18,20-22,28-30H,14,25H2,1-2H3/b13-12+/t17?,18-,20+,21-,22-/m1/s1. The fourth-order valence-corrected chi connectivity index (χ4v) is 4.76. The van der Waals surface area contributed by atoms with E-state index in [2.05, 4.69) is 0 Å². The fourth-order valence-electron chi connectivity index (χ4n) is 3.59. The number of ether oxygens (including phenoxy) is 1. The summed E-state index contributed by atoms with van der Waals surface area (Å²) < 4.78 is 5.13. The van der Waals surface area contributed by atoms with Gasteiger partial charge in [-0.1, -0.05) is 54.6 Å². The Labute approximate surface area is 202 Å². The summed E-state index contributed by atoms with van der Waals surface area (Å²) in [5.74, 6) is 4.95. The Morgan fingerprint density at radius 1 is 1.15 bits per heavy atom. The smallest absolute Gasteiger partial charge is 0.269 e. The molecule has 34 heavy (non-hydrogen) atoms. The molecule has 0 fully saturated rings. The number of carbonyl (C=O) groups is 2. The average molecular weight is 488 g/mol. The van der Waals surface area contributed by atoms with Crippen molar-refractivity contribution in [1.29, 1.82) is 0 Å². The summed E-state index contributed by atoms with van der Waals surface area (Å²) in [6.45, 7) is 0. The first-order valence-electron chi connectivity index (χ1n) is 10.6. The van der Waals surface area contributed by atoms with Gasteiger partial charge in [-0.15, -0.1) is 11.8 Å². The van der Waals surface area contributed by atoms with Crippen molar-refractivity contribution in [1.82, 2.24) is 5.01 Å². The van der Waals surface area contributed by atoms with E-state index in [0.717, 1.165) is 15.5 Å². The maximum Gasteiger partial charge on any atom is 0.269 e. The highest BCUT2D eigenvalue weighted by molar-refractivity contribution is 7.99. The third-order valence-corrected chi connectivity index (χ3v) is 6.76. The zero-order valence-corrected chi connectivity index (χ0v) is 19.7. The number of rotatable bonds is 8. The molecule has 0 aliphatic carbocycles. The Hall–Kier alpha value is -2.73. The van der Waals surface area contributed by atoms with Gasteiger partial charge in [-0.25, -0.2) is 5.84 Å². The molecule has 0 radical (unpaired) electrons. The van der Waals surface area contributed by atoms with Crippen molar-refractivity contribution in [2.75, 3.05) is 24.8 Å². The van der Waals surface area contributed by atoms with Gasteiger partial charge in [0.05, 0.1) is 5.69 Å². The van der Waals surface area contributed by atoms with E-state index < -0.39 is 42.3 Å². The highest BCUT2D eigenvalue weighted by Crippen LogP contribution is 2.34. The number of nitrogens with two attached hydrogens (primary N) is 1. The minimum Gasteiger partial charge on any atom is -0.387 e. The molecule has 0 saturated heterocycles. The summed E-state index contributed by atoms with van der Waals surface area (Å²) in [7, 11) is 2.77. The summed E-state index contributed by atoms with van der Waals surface area (Å²) in [6, 6.07) is 15.4. The van der Waals surface area contributed by atoms with Crippen molar-refractivity contribution in [3.05, 3.63) is 66.2 Å². The molecule has 10 heteroatoms. The fraction of sp³-hybridized carbons (Fsp3) is 0.333. The van der Waals surface area contributed by atoms with E-state index in [9.17, 15) is 24.9 Å². The number of amides is 2. The molecule has 1 unspecified atom stereocenters. The number of hydrogen-bond donors (Lipinski definition) is 4. The summed E-state index contributed by atoms with van der Waals surface area (Å²) in [4.78, 5) is 28.4. The Balaban J connectivity index is 1.71. The van der Waals surface area contributed by atoms with Crippen LogP contribution in [0.4, 0.5) is 5.69 Å². The average Bonchev–Trinajstić information content (AvgIpc) is 2.99. The van der Waals surface area contributed by atoms with Crippen molar-refractivity contribution in [2.45, 2.75) is 35.4 Å². The molecule has 9 nitrogen and oxygen atoms in total. The van der Waals surface area contributed by atoms with Gasteiger partial charge >= 0.3 is 0 Å². The van der Waals surface area contributed by atoms with Crippen LogP contribution in [-0.2, 0) is 14.3 Å². The van der Waals surface area contributed by atoms with Crippen molar-refractivity contribution in [2.24, 2.45) is 5.84 Å². The Bertz CT molecular complexity index is 1020. The predicted octanol–water partition coefficient (Wildman–Crippen LogP) is 0.637. The van der Waals surface area contributed by atoms with Gasteiger partial charge in [0.1, 0.15) is 24.4 Å². The lowest BCUT2D eigenvalue weighted by atomic mass is 10.0. The number of aliphatic hydroxyl groups excluding tert-OH is 3. The Kier molecular flexibility index (Phi) is 8.84. The second kappa shape index (κ2) is 11.6. The molecular formula is C24H29N3O6S. The number of methoxy groups -OCH3 is 1. The minimum atomic E-state index is -1.80. The molecule has 1 heterocycles. The molecule has 5 atom stereocenters. The highest BCUT2D eigenvalue weighted by Gasteiger charge is 2.41. The number of hydrazine groups is 1. The van der Waals surface area contributed by atoms with Crippen molar-refractivity contribution >= 4 is 35.3 Å². The molecule has 5 N–H and O–H groups in total. The topological polar surface area (TPSA) is 137 Å². The number of para-hydroxylation sites is 1. The summed E-state index contributed by atoms with van der Waals surface area (Å²) in [5.41, 5.74) is 1.48. The summed E-state index contributed by atoms with van der Waals surface area (Å²) in [5, 5.41) is 32.1. The van der Waals surface area contributed by atoms with E-state index in [4.69, 9.17) is 10.6 Å². The van der Waals surface area contributed by atoms with Gasteiger partial charge in [0, 0.05) is 24.8 Å². The molecule has 2 aromatic carbocycles. The van der Waals surface area contributed by atoms with Crippen molar-refractivity contribution in [3.63, 3.8) is 0 Å². The zero-order chi connectivity index (χ0) is 24.8. The number of likely N-dealkylation sites (N-methyl/N-ethyl adjacent to an activating group) is 1. The maximum absolute atomic E-state index is 13.1. The molecule has 182 valence electrons. The molecular weight excluding hydrogens is 458 g/mol. The van der Waals surface area contributed by atoms with Crippen LogP contribution in [0.5, 0.6) is 0 Å². The van der Waals surface area contributed by atoms with Gasteiger partial charge in [-0.3, -0.25) is 14.6 Å². The molecule has 1 aliphatic rings. The second-order valence-corrected chi connectivity index (χ2v) is 8.90. The quantitative estimate of drug-likeness (QED) is 0.242. The van der Waals surface area contributed by atoms with E-state index in [1.54, 1.807) is 31.3 Å². The third-order valence-electron chi connectivity index (χ3n) is 5.62. The first-order chi connectivity index (χ1) is 16.3. The Morgan fingerprint density at radius 2 is 1.79 bits per heavy atom. The zero-order valence-electron chi connectivity index (χ0n) is 18.9. The van der Waals surface area contributed by atoms with Crippen LogP contribution >= 0.6 is 11.8 Å². The molecule has 2 aromatic rings. The van der Waals surface area contributed by atoms with Crippen LogP contribution in [0.3, 0.4) is 0 Å². The first-order valence-corrected chi connectivity index (χ1v) is 11.6. The molecule has 0 aromatic heterocycles. The Morgan fingerprint density at radius 3 is 2.47 bits per heavy atom. The summed E-state index contributed by atoms with van der Waals surface area (Å²) in [6.07, 6.45) is -3.75. The number of carbonyl (C=O) groups excluding carboxylic acids is 2. The molecule has 0 saturated carbocycles. The minimum absolute atomic E-state index is 0.194. The van der Waals surface area contributed by atoms with Gasteiger partial charge in [-0.2, -0.15) is 0 Å². The number of fused-ring (bicyclic) bond motifs is 1. The first kappa shape index (κ1) is 25.9. The van der Waals surface area contributed by atoms with E-state index in [1.165, 1.54) is 29.8 Å². The molecule has 1 aliphatic heterocycles. The van der Waals surface area contributed by atoms with Crippen LogP contribution in [-0.4, -0.2) is 82.5 Å². The van der Waals surface area contributed by atoms with Crippen LogP contribution in [0.2, 0.25) is 0 Å². The SMILES string of the molecule is CO[C@@H](C(=O)N(N)C1CSc2ccccc2N(C)C1=O)[C@H](O)[C@@H](O)[C@H](O)/C=C/c1ccccc1. The van der Waals surface area contributed by atoms with Gasteiger partial charge < -0.3 is 25.0 Å². The second-order valence-electron chi connectivity index (χ2n) is 7.84. The molecule has 0 bridgehead atoms. The van der Waals surface area contributed by atoms with Crippen LogP contribution < -0.4 is 10.7 Å². The third kappa shape index (κ3) is 5.66. The lowest BCUT2D eigenvalue weighted by Gasteiger charge is -2.33. The van der Waals surface area contributed by atoms with Crippen molar-refractivity contribution in [3.8, 4) is 0 Å². The van der Waals surface area contributed by atoms with Gasteiger partial charge in [-0.05, 0) is 17.7 Å². The van der Waals surface area contributed by atoms with E-state index in [0.29, 0.717) is 5.69 Å². The number of nitrogens with zero attached hydrogens (tertiary/aromatic N) is 2. The normalized spacial score (nSPS) is 19.8. The van der Waals surface area contributed by atoms with Crippen LogP contribution in [0, 0.1) is 0 Å². The molecule has 3 rings (SSSR count). The highest BCUT2D eigenvalue weighted by atomic mass is 32.2. The maximum atomic E-state index is 13.1. The lowest BCUT2D eigenvalue weighted by Crippen LogP contribution is -2.60. The summed E-state index contributed by atoms with van der Waals surface area (Å²) >= 11 is 1.38. The number of hydrogen-bond acceptors (Lipinski definition) is 8. The largest absolute Gasteiger partial charge is 0.387 e. The van der Waals surface area contributed by atoms with Gasteiger partial charge in [0.15, 0.2) is 6.10 Å². The predicted molar refractivity (Wildman–Crippen MR) is 130 cm³/mol. The van der Waals surface area contributed by atoms with Gasteiger partial charge in [0.25, 0.3) is 11.8 Å². The van der Waals surface area contributed by atoms with Crippen molar-refractivity contribution < 1.29 is 29.6 Å². The number of aliphatic hydroxyl groups is 3. The number of anilines is 1. The van der Waals surface area contributed by atoms with Crippen LogP contribution in [0.15, 0.2) is 65.6 Å². The van der Waals surface area contributed by atoms with Crippen LogP contribution in [0.25, 0.3) is 6.08 Å². The number of benzene rings is 2. The van der Waals surface area contributed by atoms with Gasteiger partial charge in [0.2, 0.25) is 0 Å². The van der Waals surface area contributed by atoms with E-state index in [1.807, 2.05) is 36.4 Å². The monoisotopic (exact) mass is 487 g/mol. The molecule has 2 amide bonds. The molecule has 0 spiro atoms. The van der Waals surface area contributed by atoms with E-state index in [-0.39, 0.29) is 5.75 Å². The van der Waals surface area contributed by atoms with Crippen LogP contribution in [0.1, 0.15) is 5.56 Å². The van der Waals surface area contributed by atoms with E-state index >= 15 is 0 Å².